The molecule has 0 radical (unpaired) electrons. The second-order valence-corrected chi connectivity index (χ2v) is 6.77. The van der Waals surface area contributed by atoms with Crippen molar-refractivity contribution >= 4 is 17.5 Å². The van der Waals surface area contributed by atoms with Crippen molar-refractivity contribution in [1.29, 1.82) is 0 Å². The van der Waals surface area contributed by atoms with E-state index >= 15 is 0 Å². The molecule has 144 valence electrons. The Kier molecular flexibility index (Phi) is 6.05. The number of hydrogen-bond donors (Lipinski definition) is 2. The summed E-state index contributed by atoms with van der Waals surface area (Å²) >= 11 is 0. The standard InChI is InChI=1S/C19H24N4O4/c1-12(2)19-22-18(27-23-19)8-7-16(24)20-9-10-26-14-4-5-15-13(11-14)3-6-17(25)21-15/h4-5,11-12H,3,6-10H2,1-2H3,(H,20,24)(H,21,25). The third-order valence-electron chi connectivity index (χ3n) is 4.23. The van der Waals surface area contributed by atoms with Crippen LogP contribution in [0.4, 0.5) is 5.69 Å². The van der Waals surface area contributed by atoms with Gasteiger partial charge in [0, 0.05) is 30.9 Å². The van der Waals surface area contributed by atoms with Crippen LogP contribution in [-0.2, 0) is 22.4 Å². The van der Waals surface area contributed by atoms with Crippen molar-refractivity contribution in [3.8, 4) is 5.75 Å². The second kappa shape index (κ2) is 8.66. The molecule has 27 heavy (non-hydrogen) atoms. The van der Waals surface area contributed by atoms with Gasteiger partial charge < -0.3 is 19.9 Å². The number of carbonyl (C=O) groups is 2. The maximum absolute atomic E-state index is 11.9. The van der Waals surface area contributed by atoms with Crippen LogP contribution in [0.25, 0.3) is 0 Å². The number of nitrogens with zero attached hydrogens (tertiary/aromatic N) is 2. The SMILES string of the molecule is CC(C)c1noc(CCC(=O)NCCOc2ccc3c(c2)CCC(=O)N3)n1. The van der Waals surface area contributed by atoms with Crippen LogP contribution in [-0.4, -0.2) is 35.1 Å². The first-order valence-corrected chi connectivity index (χ1v) is 9.16. The fourth-order valence-corrected chi connectivity index (χ4v) is 2.72. The highest BCUT2D eigenvalue weighted by atomic mass is 16.5. The summed E-state index contributed by atoms with van der Waals surface area (Å²) in [6.45, 7) is 4.75. The Balaban J connectivity index is 1.36. The molecular weight excluding hydrogens is 348 g/mol. The zero-order valence-electron chi connectivity index (χ0n) is 15.6. The lowest BCUT2D eigenvalue weighted by molar-refractivity contribution is -0.121. The molecule has 2 heterocycles. The van der Waals surface area contributed by atoms with E-state index in [2.05, 4.69) is 20.8 Å². The van der Waals surface area contributed by atoms with E-state index in [1.54, 1.807) is 0 Å². The summed E-state index contributed by atoms with van der Waals surface area (Å²) in [7, 11) is 0. The number of carbonyl (C=O) groups excluding carboxylic acids is 2. The van der Waals surface area contributed by atoms with Gasteiger partial charge in [0.15, 0.2) is 5.82 Å². The molecule has 0 fully saturated rings. The van der Waals surface area contributed by atoms with Gasteiger partial charge in [0.1, 0.15) is 12.4 Å². The topological polar surface area (TPSA) is 106 Å². The zero-order chi connectivity index (χ0) is 19.2. The average Bonchev–Trinajstić information content (AvgIpc) is 3.13. The van der Waals surface area contributed by atoms with E-state index < -0.39 is 0 Å². The van der Waals surface area contributed by atoms with Gasteiger partial charge in [-0.2, -0.15) is 4.98 Å². The molecule has 1 aromatic heterocycles. The highest BCUT2D eigenvalue weighted by Crippen LogP contribution is 2.26. The fourth-order valence-electron chi connectivity index (χ4n) is 2.72. The first-order chi connectivity index (χ1) is 13.0. The van der Waals surface area contributed by atoms with Crippen LogP contribution >= 0.6 is 0 Å². The van der Waals surface area contributed by atoms with Gasteiger partial charge in [0.25, 0.3) is 0 Å². The van der Waals surface area contributed by atoms with Crippen LogP contribution in [0.2, 0.25) is 0 Å². The first-order valence-electron chi connectivity index (χ1n) is 9.16. The van der Waals surface area contributed by atoms with E-state index in [4.69, 9.17) is 9.26 Å². The maximum atomic E-state index is 11.9. The van der Waals surface area contributed by atoms with Gasteiger partial charge in [0.05, 0.1) is 6.54 Å². The predicted octanol–water partition coefficient (Wildman–Crippen LogP) is 2.21. The van der Waals surface area contributed by atoms with Gasteiger partial charge in [-0.25, -0.2) is 0 Å². The Hall–Kier alpha value is -2.90. The largest absolute Gasteiger partial charge is 0.492 e. The molecule has 1 aliphatic heterocycles. The molecule has 1 aliphatic rings. The molecule has 8 nitrogen and oxygen atoms in total. The number of rotatable bonds is 8. The molecule has 0 aliphatic carbocycles. The summed E-state index contributed by atoms with van der Waals surface area (Å²) in [5.41, 5.74) is 1.91. The van der Waals surface area contributed by atoms with Crippen LogP contribution in [0.5, 0.6) is 5.75 Å². The zero-order valence-corrected chi connectivity index (χ0v) is 15.6. The highest BCUT2D eigenvalue weighted by Gasteiger charge is 2.15. The molecule has 0 saturated carbocycles. The summed E-state index contributed by atoms with van der Waals surface area (Å²) in [4.78, 5) is 27.5. The third kappa shape index (κ3) is 5.29. The van der Waals surface area contributed by atoms with Crippen LogP contribution in [0.1, 0.15) is 49.9 Å². The molecule has 0 saturated heterocycles. The first kappa shape index (κ1) is 18.9. The number of hydrogen-bond acceptors (Lipinski definition) is 6. The number of aromatic nitrogens is 2. The monoisotopic (exact) mass is 372 g/mol. The third-order valence-corrected chi connectivity index (χ3v) is 4.23. The summed E-state index contributed by atoms with van der Waals surface area (Å²) in [5, 5.41) is 9.52. The summed E-state index contributed by atoms with van der Waals surface area (Å²) < 4.78 is 10.8. The number of fused-ring (bicyclic) bond motifs is 1. The lowest BCUT2D eigenvalue weighted by Gasteiger charge is -2.17. The van der Waals surface area contributed by atoms with E-state index in [1.807, 2.05) is 32.0 Å². The summed E-state index contributed by atoms with van der Waals surface area (Å²) in [6, 6.07) is 5.59. The number of aryl methyl sites for hydroxylation is 2. The summed E-state index contributed by atoms with van der Waals surface area (Å²) in [6.07, 6.45) is 1.91. The van der Waals surface area contributed by atoms with Crippen molar-refractivity contribution in [3.05, 3.63) is 35.5 Å². The normalized spacial score (nSPS) is 13.2. The molecule has 0 spiro atoms. The average molecular weight is 372 g/mol. The van der Waals surface area contributed by atoms with Crippen molar-refractivity contribution in [1.82, 2.24) is 15.5 Å². The quantitative estimate of drug-likeness (QED) is 0.688. The van der Waals surface area contributed by atoms with Crippen LogP contribution in [0, 0.1) is 0 Å². The maximum Gasteiger partial charge on any atom is 0.227 e. The number of nitrogens with one attached hydrogen (secondary N) is 2. The molecule has 2 N–H and O–H groups in total. The van der Waals surface area contributed by atoms with Gasteiger partial charge in [-0.1, -0.05) is 19.0 Å². The minimum atomic E-state index is -0.0870. The lowest BCUT2D eigenvalue weighted by Crippen LogP contribution is -2.28. The van der Waals surface area contributed by atoms with E-state index in [0.29, 0.717) is 44.1 Å². The van der Waals surface area contributed by atoms with Gasteiger partial charge in [-0.05, 0) is 30.2 Å². The predicted molar refractivity (Wildman–Crippen MR) is 98.6 cm³/mol. The Labute approximate surface area is 157 Å². The van der Waals surface area contributed by atoms with Gasteiger partial charge in [0.2, 0.25) is 17.7 Å². The molecule has 0 atom stereocenters. The molecule has 8 heteroatoms. The molecule has 2 aromatic rings. The summed E-state index contributed by atoms with van der Waals surface area (Å²) in [5.74, 6) is 2.02. The van der Waals surface area contributed by atoms with Crippen molar-refractivity contribution in [2.75, 3.05) is 18.5 Å². The van der Waals surface area contributed by atoms with Crippen molar-refractivity contribution in [3.63, 3.8) is 0 Å². The van der Waals surface area contributed by atoms with E-state index in [-0.39, 0.29) is 24.2 Å². The van der Waals surface area contributed by atoms with Gasteiger partial charge >= 0.3 is 0 Å². The van der Waals surface area contributed by atoms with E-state index in [9.17, 15) is 9.59 Å². The van der Waals surface area contributed by atoms with Crippen molar-refractivity contribution in [2.24, 2.45) is 0 Å². The van der Waals surface area contributed by atoms with Crippen LogP contribution in [0.15, 0.2) is 22.7 Å². The van der Waals surface area contributed by atoms with Gasteiger partial charge in [-0.15, -0.1) is 0 Å². The molecule has 0 unspecified atom stereocenters. The Bertz CT molecular complexity index is 816. The molecular formula is C19H24N4O4. The Morgan fingerprint density at radius 1 is 1.37 bits per heavy atom. The van der Waals surface area contributed by atoms with E-state index in [0.717, 1.165) is 17.0 Å². The Morgan fingerprint density at radius 2 is 2.22 bits per heavy atom. The highest BCUT2D eigenvalue weighted by molar-refractivity contribution is 5.94. The number of ether oxygens (including phenoxy) is 1. The lowest BCUT2D eigenvalue weighted by atomic mass is 10.0. The van der Waals surface area contributed by atoms with Crippen molar-refractivity contribution < 1.29 is 18.8 Å². The Morgan fingerprint density at radius 3 is 3.00 bits per heavy atom. The minimum Gasteiger partial charge on any atom is -0.492 e. The van der Waals surface area contributed by atoms with Crippen molar-refractivity contribution in [2.45, 2.75) is 45.4 Å². The molecule has 2 amide bonds. The molecule has 0 bridgehead atoms. The second-order valence-electron chi connectivity index (χ2n) is 6.77. The fraction of sp³-hybridized carbons (Fsp3) is 0.474. The molecule has 1 aromatic carbocycles. The number of benzene rings is 1. The number of amides is 2. The van der Waals surface area contributed by atoms with Crippen LogP contribution in [0.3, 0.4) is 0 Å². The van der Waals surface area contributed by atoms with Gasteiger partial charge in [-0.3, -0.25) is 9.59 Å². The minimum absolute atomic E-state index is 0.0415. The number of anilines is 1. The smallest absolute Gasteiger partial charge is 0.227 e. The molecule has 3 rings (SSSR count). The van der Waals surface area contributed by atoms with Crippen LogP contribution < -0.4 is 15.4 Å². The van der Waals surface area contributed by atoms with E-state index in [1.165, 1.54) is 0 Å².